The summed E-state index contributed by atoms with van der Waals surface area (Å²) < 4.78 is 54.9. The highest BCUT2D eigenvalue weighted by Gasteiger charge is 2.50. The van der Waals surface area contributed by atoms with Crippen molar-refractivity contribution in [3.8, 4) is 5.75 Å². The third-order valence-corrected chi connectivity index (χ3v) is 16.2. The number of nitrogens with zero attached hydrogens (tertiary/aromatic N) is 4. The van der Waals surface area contributed by atoms with Gasteiger partial charge in [0.25, 0.3) is 5.91 Å². The second-order valence-corrected chi connectivity index (χ2v) is 20.5. The lowest BCUT2D eigenvalue weighted by atomic mass is 9.63. The Morgan fingerprint density at radius 2 is 1.86 bits per heavy atom. The molecule has 1 saturated carbocycles. The number of fused-ring (bicyclic) bond motifs is 4. The summed E-state index contributed by atoms with van der Waals surface area (Å²) in [6, 6.07) is 9.58. The van der Waals surface area contributed by atoms with Gasteiger partial charge >= 0.3 is 0 Å². The van der Waals surface area contributed by atoms with Gasteiger partial charge in [0.2, 0.25) is 10.0 Å². The number of amides is 1. The Morgan fingerprint density at radius 3 is 2.57 bits per heavy atom. The van der Waals surface area contributed by atoms with Crippen LogP contribution in [0.2, 0.25) is 5.02 Å². The number of carbonyl (C=O) groups is 1. The fraction of sp³-hybridized carbons (Fsp3) is 0.682. The van der Waals surface area contributed by atoms with Crippen molar-refractivity contribution in [2.24, 2.45) is 17.8 Å². The number of nitrogens with one attached hydrogen (secondary N) is 1. The summed E-state index contributed by atoms with van der Waals surface area (Å²) in [6.07, 6.45) is 10.0. The molecule has 1 aromatic carbocycles. The standard InChI is InChI=1S/C44H64ClN5O7S/c1-31-9-7-19-44(56-6,28-48-20-22-50(23-21-48)42(2,3)29-55-5)36-13-11-33(36)26-49-27-43(18-8-10-32-25-34(45)12-14-35(32)43)30-57-38-16-15-37(46-40(38)49)41(51)47-58(52,53)39(31)17-24-54-4/h7,12,14-16,19,25,31,33,36,39H,8-11,13,17-18,20-24,26-30H2,1-6H3,(H,47,51)/b19-7-/t31-,33-,36+,39+,43-,44+/m0/s1. The SMILES string of the molecule is COCC[C@@H]1[C@@H](C)C/C=C\[C@](CN2CCN(C(C)(C)COC)CC2)(OC)[C@@H]2CC[C@H]2CN2C[C@@]3(CCCc4cc(Cl)ccc43)COc3ccc(nc32)C(=O)NS1(=O)=O. The van der Waals surface area contributed by atoms with E-state index < -0.39 is 26.8 Å². The first kappa shape index (κ1) is 43.3. The van der Waals surface area contributed by atoms with E-state index in [-0.39, 0.29) is 47.4 Å². The lowest BCUT2D eigenvalue weighted by Gasteiger charge is -2.52. The van der Waals surface area contributed by atoms with E-state index in [1.807, 2.05) is 20.1 Å². The number of benzene rings is 1. The van der Waals surface area contributed by atoms with Crippen LogP contribution in [-0.2, 0) is 36.1 Å². The number of halogens is 1. The molecule has 4 heterocycles. The third kappa shape index (κ3) is 8.83. The molecule has 3 aliphatic heterocycles. The van der Waals surface area contributed by atoms with E-state index in [2.05, 4.69) is 57.6 Å². The number of ether oxygens (including phenoxy) is 4. The molecule has 58 heavy (non-hydrogen) atoms. The summed E-state index contributed by atoms with van der Waals surface area (Å²) in [5.74, 6) is 0.563. The van der Waals surface area contributed by atoms with Crippen LogP contribution >= 0.6 is 11.6 Å². The van der Waals surface area contributed by atoms with Crippen LogP contribution in [0.15, 0.2) is 42.5 Å². The van der Waals surface area contributed by atoms with E-state index in [0.717, 1.165) is 69.9 Å². The Balaban J connectivity index is 1.28. The summed E-state index contributed by atoms with van der Waals surface area (Å²) in [5.41, 5.74) is 1.54. The van der Waals surface area contributed by atoms with E-state index in [1.165, 1.54) is 11.1 Å². The molecule has 6 atom stereocenters. The molecule has 1 N–H and O–H groups in total. The van der Waals surface area contributed by atoms with Gasteiger partial charge in [-0.25, -0.2) is 18.1 Å². The molecule has 1 aromatic heterocycles. The molecule has 2 fully saturated rings. The fourth-order valence-corrected chi connectivity index (χ4v) is 12.4. The Bertz CT molecular complexity index is 1920. The van der Waals surface area contributed by atoms with Crippen LogP contribution < -0.4 is 14.4 Å². The minimum Gasteiger partial charge on any atom is -0.489 e. The first-order chi connectivity index (χ1) is 27.7. The van der Waals surface area contributed by atoms with Gasteiger partial charge in [-0.15, -0.1) is 0 Å². The average molecular weight is 843 g/mol. The van der Waals surface area contributed by atoms with Crippen LogP contribution in [0.25, 0.3) is 0 Å². The van der Waals surface area contributed by atoms with E-state index in [0.29, 0.717) is 44.3 Å². The van der Waals surface area contributed by atoms with Gasteiger partial charge in [0.1, 0.15) is 11.3 Å². The molecular weight excluding hydrogens is 778 g/mol. The van der Waals surface area contributed by atoms with Crippen molar-refractivity contribution in [1.82, 2.24) is 19.5 Å². The Morgan fingerprint density at radius 1 is 1.07 bits per heavy atom. The van der Waals surface area contributed by atoms with Gasteiger partial charge in [0.05, 0.1) is 18.5 Å². The van der Waals surface area contributed by atoms with Crippen molar-refractivity contribution in [3.63, 3.8) is 0 Å². The number of methoxy groups -OCH3 is 3. The van der Waals surface area contributed by atoms with Gasteiger partial charge in [0, 0.05) is 89.7 Å². The van der Waals surface area contributed by atoms with Crippen LogP contribution in [0.3, 0.4) is 0 Å². The second-order valence-electron chi connectivity index (χ2n) is 18.1. The molecule has 1 saturated heterocycles. The number of piperazine rings is 1. The van der Waals surface area contributed by atoms with Crippen LogP contribution in [0.1, 0.15) is 80.9 Å². The monoisotopic (exact) mass is 841 g/mol. The number of carbonyl (C=O) groups excluding carboxylic acids is 1. The summed E-state index contributed by atoms with van der Waals surface area (Å²) in [4.78, 5) is 26.2. The maximum atomic E-state index is 14.1. The summed E-state index contributed by atoms with van der Waals surface area (Å²) in [7, 11) is 1.04. The smallest absolute Gasteiger partial charge is 0.283 e. The molecule has 12 nitrogen and oxygen atoms in total. The number of pyridine rings is 1. The van der Waals surface area contributed by atoms with E-state index in [1.54, 1.807) is 26.4 Å². The Kier molecular flexibility index (Phi) is 13.2. The van der Waals surface area contributed by atoms with Crippen molar-refractivity contribution in [1.29, 1.82) is 0 Å². The van der Waals surface area contributed by atoms with Crippen LogP contribution in [0.5, 0.6) is 5.75 Å². The number of hydrogen-bond acceptors (Lipinski definition) is 11. The molecule has 0 unspecified atom stereocenters. The zero-order valence-corrected chi connectivity index (χ0v) is 36.9. The maximum absolute atomic E-state index is 14.1. The van der Waals surface area contributed by atoms with Gasteiger partial charge < -0.3 is 23.8 Å². The molecule has 14 heteroatoms. The molecule has 1 amide bonds. The van der Waals surface area contributed by atoms with Crippen LogP contribution in [-0.4, -0.2) is 132 Å². The van der Waals surface area contributed by atoms with Crippen LogP contribution in [0, 0.1) is 17.8 Å². The molecular formula is C44H64ClN5O7S. The van der Waals surface area contributed by atoms with Gasteiger partial charge in [-0.05, 0) is 112 Å². The topological polar surface area (TPSA) is 123 Å². The highest BCUT2D eigenvalue weighted by atomic mass is 35.5. The highest BCUT2D eigenvalue weighted by Crippen LogP contribution is 2.49. The quantitative estimate of drug-likeness (QED) is 0.312. The number of rotatable bonds is 9. The predicted molar refractivity (Wildman–Crippen MR) is 228 cm³/mol. The van der Waals surface area contributed by atoms with E-state index in [4.69, 9.17) is 35.5 Å². The maximum Gasteiger partial charge on any atom is 0.283 e. The van der Waals surface area contributed by atoms with Crippen molar-refractivity contribution in [2.45, 2.75) is 87.5 Å². The zero-order valence-electron chi connectivity index (χ0n) is 35.3. The molecule has 2 aliphatic carbocycles. The predicted octanol–water partition coefficient (Wildman–Crippen LogP) is 5.72. The van der Waals surface area contributed by atoms with Gasteiger partial charge in [0.15, 0.2) is 11.6 Å². The zero-order chi connectivity index (χ0) is 41.3. The minimum absolute atomic E-state index is 0.0389. The number of hydrogen-bond donors (Lipinski definition) is 1. The van der Waals surface area contributed by atoms with Gasteiger partial charge in [-0.1, -0.05) is 36.7 Å². The molecule has 0 radical (unpaired) electrons. The molecule has 7 rings (SSSR count). The highest BCUT2D eigenvalue weighted by molar-refractivity contribution is 7.90. The lowest BCUT2D eigenvalue weighted by Crippen LogP contribution is -2.61. The number of anilines is 1. The summed E-state index contributed by atoms with van der Waals surface area (Å²) >= 11 is 6.52. The van der Waals surface area contributed by atoms with Crippen molar-refractivity contribution in [3.05, 3.63) is 64.3 Å². The van der Waals surface area contributed by atoms with Gasteiger partial charge in [-0.3, -0.25) is 14.6 Å². The summed E-state index contributed by atoms with van der Waals surface area (Å²) in [5, 5.41) is -0.141. The lowest BCUT2D eigenvalue weighted by molar-refractivity contribution is -0.0992. The van der Waals surface area contributed by atoms with Crippen molar-refractivity contribution < 1.29 is 32.2 Å². The first-order valence-corrected chi connectivity index (χ1v) is 23.1. The molecule has 2 bridgehead atoms. The fourth-order valence-electron chi connectivity index (χ4n) is 10.6. The van der Waals surface area contributed by atoms with E-state index in [9.17, 15) is 13.2 Å². The molecule has 5 aliphatic rings. The molecule has 1 spiro atoms. The molecule has 2 aromatic rings. The summed E-state index contributed by atoms with van der Waals surface area (Å²) in [6.45, 7) is 13.5. The molecule has 320 valence electrons. The average Bonchev–Trinajstić information content (AvgIpc) is 3.32. The number of aryl methyl sites for hydroxylation is 1. The Labute approximate surface area is 351 Å². The Hall–Kier alpha value is -2.78. The van der Waals surface area contributed by atoms with Crippen LogP contribution in [0.4, 0.5) is 5.82 Å². The number of sulfonamides is 1. The minimum atomic E-state index is -4.12. The second kappa shape index (κ2) is 17.7. The van der Waals surface area contributed by atoms with Gasteiger partial charge in [-0.2, -0.15) is 0 Å². The van der Waals surface area contributed by atoms with Crippen molar-refractivity contribution in [2.75, 3.05) is 91.9 Å². The number of aromatic nitrogens is 1. The first-order valence-electron chi connectivity index (χ1n) is 21.1. The largest absolute Gasteiger partial charge is 0.489 e. The third-order valence-electron chi connectivity index (χ3n) is 14.0. The van der Waals surface area contributed by atoms with E-state index >= 15 is 0 Å². The number of allylic oxidation sites excluding steroid dienone is 1. The normalized spacial score (nSPS) is 31.3. The van der Waals surface area contributed by atoms with Crippen molar-refractivity contribution >= 4 is 33.3 Å².